The van der Waals surface area contributed by atoms with E-state index in [1.807, 2.05) is 48.5 Å². The van der Waals surface area contributed by atoms with Crippen LogP contribution in [0.5, 0.6) is 11.5 Å². The Bertz CT molecular complexity index is 978. The van der Waals surface area contributed by atoms with Gasteiger partial charge in [0, 0.05) is 19.7 Å². The number of halogens is 1. The lowest BCUT2D eigenvalue weighted by Gasteiger charge is -2.20. The second-order valence-electron chi connectivity index (χ2n) is 8.44. The van der Waals surface area contributed by atoms with Crippen molar-refractivity contribution in [2.75, 3.05) is 13.3 Å². The quantitative estimate of drug-likeness (QED) is 0.424. The van der Waals surface area contributed by atoms with E-state index in [-0.39, 0.29) is 12.4 Å². The minimum Gasteiger partial charge on any atom is -1.00 e. The first-order valence-electron chi connectivity index (χ1n) is 9.70. The van der Waals surface area contributed by atoms with Gasteiger partial charge in [0.1, 0.15) is 11.5 Å². The molecule has 0 bridgehead atoms. The first-order chi connectivity index (χ1) is 13.5. The van der Waals surface area contributed by atoms with Gasteiger partial charge in [0.15, 0.2) is 18.1 Å². The van der Waals surface area contributed by atoms with E-state index in [1.54, 1.807) is 0 Å². The average Bonchev–Trinajstić information content (AvgIpc) is 2.97. The first kappa shape index (κ1) is 21.5. The first-order valence-corrected chi connectivity index (χ1v) is 13.4. The molecule has 0 saturated heterocycles. The summed E-state index contributed by atoms with van der Waals surface area (Å²) in [6.45, 7) is 8.18. The topological polar surface area (TPSA) is 40.0 Å². The zero-order chi connectivity index (χ0) is 19.7. The van der Waals surface area contributed by atoms with Gasteiger partial charge in [-0.25, -0.2) is 4.90 Å². The molecule has 1 N–H and O–H groups in total. The van der Waals surface area contributed by atoms with Crippen LogP contribution in [0.2, 0.25) is 25.7 Å². The molecule has 0 saturated carbocycles. The lowest BCUT2D eigenvalue weighted by Crippen LogP contribution is -3.07. The number of carbonyl (C=O) groups is 1. The number of hydrogen-bond acceptors (Lipinski definition) is 3. The highest BCUT2D eigenvalue weighted by molar-refractivity contribution is 6.76. The number of allylic oxidation sites excluding steroid dienone is 3. The summed E-state index contributed by atoms with van der Waals surface area (Å²) < 4.78 is 12.3. The van der Waals surface area contributed by atoms with Crippen molar-refractivity contribution in [3.63, 3.8) is 0 Å². The number of aldehydes is 1. The van der Waals surface area contributed by atoms with Crippen molar-refractivity contribution in [1.82, 2.24) is 0 Å². The minimum absolute atomic E-state index is 0. The maximum absolute atomic E-state index is 11.9. The maximum Gasteiger partial charge on any atom is 0.203 e. The minimum atomic E-state index is -1.16. The Kier molecular flexibility index (Phi) is 6.44. The van der Waals surface area contributed by atoms with Gasteiger partial charge in [-0.3, -0.25) is 4.79 Å². The van der Waals surface area contributed by atoms with E-state index < -0.39 is 8.07 Å². The summed E-state index contributed by atoms with van der Waals surface area (Å²) in [6.07, 6.45) is 2.92. The second-order valence-corrected chi connectivity index (χ2v) is 14.1. The van der Waals surface area contributed by atoms with Crippen LogP contribution in [0.3, 0.4) is 0 Å². The summed E-state index contributed by atoms with van der Waals surface area (Å²) in [5, 5.41) is 0. The Hall–Kier alpha value is -2.18. The molecule has 2 heterocycles. The second kappa shape index (κ2) is 8.67. The van der Waals surface area contributed by atoms with E-state index in [9.17, 15) is 4.79 Å². The van der Waals surface area contributed by atoms with Crippen LogP contribution in [0.4, 0.5) is 0 Å². The van der Waals surface area contributed by atoms with E-state index in [2.05, 4.69) is 25.7 Å². The molecule has 29 heavy (non-hydrogen) atoms. The van der Waals surface area contributed by atoms with Crippen LogP contribution in [0.15, 0.2) is 60.3 Å². The SMILES string of the molecule is C[Si](C)(C)CCOC[NH+]1C(C=O)=CC2=C1c1ccccc1Oc1ccccc12.[Cl-]. The molecular weight excluding hydrogens is 402 g/mol. The smallest absolute Gasteiger partial charge is 0.203 e. The van der Waals surface area contributed by atoms with Crippen LogP contribution in [0.1, 0.15) is 11.1 Å². The van der Waals surface area contributed by atoms with Crippen molar-refractivity contribution in [3.8, 4) is 11.5 Å². The van der Waals surface area contributed by atoms with E-state index >= 15 is 0 Å². The Balaban J connectivity index is 0.00000240. The number of nitrogens with one attached hydrogen (secondary N) is 1. The molecule has 2 aliphatic heterocycles. The average molecular weight is 428 g/mol. The fourth-order valence-corrected chi connectivity index (χ4v) is 4.37. The van der Waals surface area contributed by atoms with Crippen LogP contribution in [-0.2, 0) is 9.53 Å². The van der Waals surface area contributed by atoms with Crippen LogP contribution in [0.25, 0.3) is 11.3 Å². The van der Waals surface area contributed by atoms with Crippen molar-refractivity contribution in [2.45, 2.75) is 25.7 Å². The van der Waals surface area contributed by atoms with Gasteiger partial charge in [0.2, 0.25) is 6.29 Å². The van der Waals surface area contributed by atoms with E-state index in [0.29, 0.717) is 12.4 Å². The number of rotatable bonds is 6. The van der Waals surface area contributed by atoms with E-state index in [4.69, 9.17) is 9.47 Å². The molecule has 2 aromatic carbocycles. The van der Waals surface area contributed by atoms with Gasteiger partial charge in [0.25, 0.3) is 0 Å². The van der Waals surface area contributed by atoms with Crippen molar-refractivity contribution in [1.29, 1.82) is 0 Å². The Morgan fingerprint density at radius 1 is 1.00 bits per heavy atom. The van der Waals surface area contributed by atoms with Crippen LogP contribution in [0, 0.1) is 0 Å². The summed E-state index contributed by atoms with van der Waals surface area (Å²) in [4.78, 5) is 12.8. The van der Waals surface area contributed by atoms with Crippen molar-refractivity contribution in [2.24, 2.45) is 0 Å². The van der Waals surface area contributed by atoms with Crippen LogP contribution in [-0.4, -0.2) is 27.7 Å². The van der Waals surface area contributed by atoms with Gasteiger partial charge in [-0.15, -0.1) is 0 Å². The van der Waals surface area contributed by atoms with Gasteiger partial charge in [-0.05, 0) is 24.2 Å². The number of ether oxygens (including phenoxy) is 2. The number of benzene rings is 2. The standard InChI is InChI=1S/C23H25NO3Si.ClH/c1-28(2,3)13-12-26-16-24-17(15-25)14-20-18-8-4-6-10-21(18)27-22-11-7-5-9-19(22)23(20)24;/h4-11,14-15H,12-13,16H2,1-3H3;1H. The molecule has 6 heteroatoms. The third-order valence-corrected chi connectivity index (χ3v) is 6.85. The van der Waals surface area contributed by atoms with E-state index in [0.717, 1.165) is 57.7 Å². The summed E-state index contributed by atoms with van der Waals surface area (Å²) >= 11 is 0. The Morgan fingerprint density at radius 3 is 2.28 bits per heavy atom. The highest BCUT2D eigenvalue weighted by Crippen LogP contribution is 2.42. The fourth-order valence-electron chi connectivity index (χ4n) is 3.61. The van der Waals surface area contributed by atoms with Gasteiger partial charge in [-0.2, -0.15) is 0 Å². The molecule has 4 nitrogen and oxygen atoms in total. The van der Waals surface area contributed by atoms with Crippen LogP contribution < -0.4 is 22.0 Å². The van der Waals surface area contributed by atoms with Gasteiger partial charge in [0.05, 0.1) is 17.7 Å². The Labute approximate surface area is 179 Å². The predicted octanol–water partition coefficient (Wildman–Crippen LogP) is 0.958. The molecule has 0 aromatic heterocycles. The molecule has 0 aliphatic carbocycles. The van der Waals surface area contributed by atoms with Crippen LogP contribution >= 0.6 is 0 Å². The number of fused-ring (bicyclic) bond motifs is 4. The summed E-state index contributed by atoms with van der Waals surface area (Å²) in [7, 11) is -1.16. The maximum atomic E-state index is 11.9. The highest BCUT2D eigenvalue weighted by atomic mass is 35.5. The number of para-hydroxylation sites is 2. The molecule has 1 unspecified atom stereocenters. The highest BCUT2D eigenvalue weighted by Gasteiger charge is 2.37. The molecule has 2 aromatic rings. The zero-order valence-corrected chi connectivity index (χ0v) is 18.8. The third-order valence-electron chi connectivity index (χ3n) is 5.14. The normalized spacial score (nSPS) is 17.2. The number of quaternary nitrogens is 1. The molecule has 152 valence electrons. The summed E-state index contributed by atoms with van der Waals surface area (Å²) in [5.74, 6) is 1.61. The third kappa shape index (κ3) is 4.38. The van der Waals surface area contributed by atoms with Gasteiger partial charge in [-0.1, -0.05) is 50.0 Å². The summed E-state index contributed by atoms with van der Waals surface area (Å²) in [6, 6.07) is 17.1. The molecule has 0 fully saturated rings. The fraction of sp³-hybridized carbons (Fsp3) is 0.261. The molecule has 2 aliphatic rings. The molecule has 0 spiro atoms. The molecular formula is C23H26ClNO3Si. The molecule has 4 rings (SSSR count). The molecule has 0 amide bonds. The lowest BCUT2D eigenvalue weighted by atomic mass is 10.0. The number of carbonyl (C=O) groups excluding carboxylic acids is 1. The molecule has 1 atom stereocenters. The van der Waals surface area contributed by atoms with Crippen molar-refractivity contribution >= 4 is 25.6 Å². The van der Waals surface area contributed by atoms with Crippen molar-refractivity contribution < 1.29 is 31.6 Å². The molecule has 0 radical (unpaired) electrons. The van der Waals surface area contributed by atoms with Gasteiger partial charge >= 0.3 is 0 Å². The lowest BCUT2D eigenvalue weighted by molar-refractivity contribution is -0.800. The largest absolute Gasteiger partial charge is 1.00 e. The number of hydrogen-bond donors (Lipinski definition) is 1. The summed E-state index contributed by atoms with van der Waals surface area (Å²) in [5.41, 5.74) is 4.79. The Morgan fingerprint density at radius 2 is 1.62 bits per heavy atom. The predicted molar refractivity (Wildman–Crippen MR) is 114 cm³/mol. The van der Waals surface area contributed by atoms with E-state index in [1.165, 1.54) is 0 Å². The monoisotopic (exact) mass is 427 g/mol. The zero-order valence-electron chi connectivity index (χ0n) is 17.0. The van der Waals surface area contributed by atoms with Gasteiger partial charge < -0.3 is 21.9 Å². The van der Waals surface area contributed by atoms with Crippen molar-refractivity contribution in [3.05, 3.63) is 71.4 Å².